The number of alkyl halides is 1. The molecule has 72 valence electrons. The van der Waals surface area contributed by atoms with Gasteiger partial charge in [-0.05, 0) is 28.4 Å². The number of hydrogen-bond donors (Lipinski definition) is 0. The monoisotopic (exact) mass is 306 g/mol. The Morgan fingerprint density at radius 2 is 2.15 bits per heavy atom. The fourth-order valence-electron chi connectivity index (χ4n) is 1.02. The molecule has 0 aliphatic heterocycles. The molecule has 0 aliphatic rings. The molecule has 1 rings (SSSR count). The molecule has 3 heteroatoms. The third-order valence-corrected chi connectivity index (χ3v) is 2.87. The van der Waals surface area contributed by atoms with Gasteiger partial charge in [-0.3, -0.25) is 0 Å². The van der Waals surface area contributed by atoms with Crippen LogP contribution in [0, 0.1) is 0 Å². The molecule has 0 spiro atoms. The average Bonchev–Trinajstić information content (AvgIpc) is 2.15. The Kier molecular flexibility index (Phi) is 4.81. The Labute approximate surface area is 95.7 Å². The molecule has 0 saturated heterocycles. The van der Waals surface area contributed by atoms with Crippen LogP contribution >= 0.6 is 31.9 Å². The lowest BCUT2D eigenvalue weighted by Gasteiger charge is -2.10. The Hall–Kier alpha value is -0.0200. The van der Waals surface area contributed by atoms with Gasteiger partial charge in [-0.2, -0.15) is 0 Å². The van der Waals surface area contributed by atoms with E-state index in [0.717, 1.165) is 28.6 Å². The van der Waals surface area contributed by atoms with Crippen molar-refractivity contribution in [1.29, 1.82) is 0 Å². The van der Waals surface area contributed by atoms with Crippen molar-refractivity contribution in [3.05, 3.63) is 28.2 Å². The minimum atomic E-state index is 0.766. The van der Waals surface area contributed by atoms with E-state index in [-0.39, 0.29) is 0 Å². The van der Waals surface area contributed by atoms with Crippen LogP contribution in [0.4, 0.5) is 0 Å². The Morgan fingerprint density at radius 3 is 2.77 bits per heavy atom. The zero-order valence-electron chi connectivity index (χ0n) is 7.52. The SMILES string of the molecule is CCCOc1c(Br)cccc1CBr. The predicted octanol–water partition coefficient (Wildman–Crippen LogP) is 4.13. The Bertz CT molecular complexity index is 274. The summed E-state index contributed by atoms with van der Waals surface area (Å²) >= 11 is 6.91. The second kappa shape index (κ2) is 5.66. The Morgan fingerprint density at radius 1 is 1.38 bits per heavy atom. The zero-order chi connectivity index (χ0) is 9.68. The van der Waals surface area contributed by atoms with E-state index < -0.39 is 0 Å². The minimum absolute atomic E-state index is 0.766. The van der Waals surface area contributed by atoms with E-state index in [2.05, 4.69) is 44.8 Å². The van der Waals surface area contributed by atoms with Crippen LogP contribution in [-0.4, -0.2) is 6.61 Å². The van der Waals surface area contributed by atoms with E-state index in [9.17, 15) is 0 Å². The van der Waals surface area contributed by atoms with Crippen molar-refractivity contribution in [2.45, 2.75) is 18.7 Å². The quantitative estimate of drug-likeness (QED) is 0.760. The summed E-state index contributed by atoms with van der Waals surface area (Å²) in [5.74, 6) is 0.959. The summed E-state index contributed by atoms with van der Waals surface area (Å²) in [6.45, 7) is 2.87. The van der Waals surface area contributed by atoms with Crippen molar-refractivity contribution in [2.75, 3.05) is 6.61 Å². The maximum Gasteiger partial charge on any atom is 0.137 e. The van der Waals surface area contributed by atoms with Crippen molar-refractivity contribution in [3.8, 4) is 5.75 Å². The molecule has 0 radical (unpaired) electrons. The number of halogens is 2. The molecule has 0 aromatic heterocycles. The molecule has 1 aromatic carbocycles. The molecular formula is C10H12Br2O. The van der Waals surface area contributed by atoms with Crippen molar-refractivity contribution in [2.24, 2.45) is 0 Å². The molecule has 0 N–H and O–H groups in total. The summed E-state index contributed by atoms with van der Waals surface area (Å²) in [6.07, 6.45) is 1.03. The maximum absolute atomic E-state index is 5.63. The fraction of sp³-hybridized carbons (Fsp3) is 0.400. The second-order valence-electron chi connectivity index (χ2n) is 2.71. The molecule has 1 aromatic rings. The minimum Gasteiger partial charge on any atom is -0.492 e. The van der Waals surface area contributed by atoms with Gasteiger partial charge in [0.15, 0.2) is 0 Å². The van der Waals surface area contributed by atoms with Gasteiger partial charge in [0.25, 0.3) is 0 Å². The number of para-hydroxylation sites is 1. The molecule has 0 atom stereocenters. The van der Waals surface area contributed by atoms with Crippen LogP contribution < -0.4 is 4.74 Å². The van der Waals surface area contributed by atoms with Crippen LogP contribution in [0.5, 0.6) is 5.75 Å². The topological polar surface area (TPSA) is 9.23 Å². The van der Waals surface area contributed by atoms with Crippen LogP contribution in [0.3, 0.4) is 0 Å². The van der Waals surface area contributed by atoms with Crippen LogP contribution in [0.25, 0.3) is 0 Å². The third-order valence-electron chi connectivity index (χ3n) is 1.64. The van der Waals surface area contributed by atoms with Crippen molar-refractivity contribution in [1.82, 2.24) is 0 Å². The lowest BCUT2D eigenvalue weighted by Crippen LogP contribution is -1.98. The lowest BCUT2D eigenvalue weighted by molar-refractivity contribution is 0.313. The number of rotatable bonds is 4. The van der Waals surface area contributed by atoms with Crippen molar-refractivity contribution < 1.29 is 4.74 Å². The molecule has 0 unspecified atom stereocenters. The number of hydrogen-bond acceptors (Lipinski definition) is 1. The van der Waals surface area contributed by atoms with Gasteiger partial charge in [-0.25, -0.2) is 0 Å². The van der Waals surface area contributed by atoms with E-state index in [1.165, 1.54) is 5.56 Å². The highest BCUT2D eigenvalue weighted by atomic mass is 79.9. The van der Waals surface area contributed by atoms with Crippen LogP contribution in [-0.2, 0) is 5.33 Å². The highest BCUT2D eigenvalue weighted by molar-refractivity contribution is 9.10. The largest absolute Gasteiger partial charge is 0.492 e. The van der Waals surface area contributed by atoms with E-state index in [4.69, 9.17) is 4.74 Å². The van der Waals surface area contributed by atoms with Gasteiger partial charge in [-0.15, -0.1) is 0 Å². The number of benzene rings is 1. The standard InChI is InChI=1S/C10H12Br2O/c1-2-6-13-10-8(7-11)4-3-5-9(10)12/h3-5H,2,6-7H2,1H3. The van der Waals surface area contributed by atoms with Gasteiger partial charge < -0.3 is 4.74 Å². The summed E-state index contributed by atoms with van der Waals surface area (Å²) in [5.41, 5.74) is 1.18. The fourth-order valence-corrected chi connectivity index (χ4v) is 1.99. The van der Waals surface area contributed by atoms with Gasteiger partial charge in [0.1, 0.15) is 5.75 Å². The molecule has 0 amide bonds. The molecule has 1 nitrogen and oxygen atoms in total. The molecular weight excluding hydrogens is 296 g/mol. The summed E-state index contributed by atoms with van der Waals surface area (Å²) in [6, 6.07) is 6.07. The Balaban J connectivity index is 2.87. The molecule has 0 saturated carbocycles. The average molecular weight is 308 g/mol. The lowest BCUT2D eigenvalue weighted by atomic mass is 10.2. The van der Waals surface area contributed by atoms with Crippen LogP contribution in [0.2, 0.25) is 0 Å². The van der Waals surface area contributed by atoms with E-state index in [0.29, 0.717) is 0 Å². The molecule has 0 bridgehead atoms. The van der Waals surface area contributed by atoms with Gasteiger partial charge in [0.2, 0.25) is 0 Å². The first-order chi connectivity index (χ1) is 6.29. The number of ether oxygens (including phenoxy) is 1. The third kappa shape index (κ3) is 2.99. The van der Waals surface area contributed by atoms with E-state index >= 15 is 0 Å². The van der Waals surface area contributed by atoms with Gasteiger partial charge in [0.05, 0.1) is 11.1 Å². The smallest absolute Gasteiger partial charge is 0.137 e. The first-order valence-electron chi connectivity index (χ1n) is 4.25. The van der Waals surface area contributed by atoms with Crippen molar-refractivity contribution >= 4 is 31.9 Å². The highest BCUT2D eigenvalue weighted by Gasteiger charge is 2.05. The van der Waals surface area contributed by atoms with E-state index in [1.54, 1.807) is 0 Å². The summed E-state index contributed by atoms with van der Waals surface area (Å²) in [4.78, 5) is 0. The molecule has 0 heterocycles. The zero-order valence-corrected chi connectivity index (χ0v) is 10.7. The van der Waals surface area contributed by atoms with Gasteiger partial charge in [-0.1, -0.05) is 35.0 Å². The maximum atomic E-state index is 5.63. The van der Waals surface area contributed by atoms with E-state index in [1.807, 2.05) is 12.1 Å². The van der Waals surface area contributed by atoms with Crippen LogP contribution in [0.15, 0.2) is 22.7 Å². The van der Waals surface area contributed by atoms with Crippen molar-refractivity contribution in [3.63, 3.8) is 0 Å². The predicted molar refractivity (Wildman–Crippen MR) is 62.6 cm³/mol. The first kappa shape index (κ1) is 11.1. The van der Waals surface area contributed by atoms with Gasteiger partial charge >= 0.3 is 0 Å². The van der Waals surface area contributed by atoms with Crippen LogP contribution in [0.1, 0.15) is 18.9 Å². The molecule has 13 heavy (non-hydrogen) atoms. The normalized spacial score (nSPS) is 10.1. The van der Waals surface area contributed by atoms with Gasteiger partial charge in [0, 0.05) is 10.9 Å². The first-order valence-corrected chi connectivity index (χ1v) is 6.17. The second-order valence-corrected chi connectivity index (χ2v) is 4.13. The molecule has 0 fully saturated rings. The summed E-state index contributed by atoms with van der Waals surface area (Å²) in [7, 11) is 0. The summed E-state index contributed by atoms with van der Waals surface area (Å²) < 4.78 is 6.66. The summed E-state index contributed by atoms with van der Waals surface area (Å²) in [5, 5.41) is 0.825. The highest BCUT2D eigenvalue weighted by Crippen LogP contribution is 2.30. The molecule has 0 aliphatic carbocycles.